The predicted molar refractivity (Wildman–Crippen MR) is 74.6 cm³/mol. The summed E-state index contributed by atoms with van der Waals surface area (Å²) < 4.78 is 0. The van der Waals surface area contributed by atoms with E-state index in [4.69, 9.17) is 0 Å². The summed E-state index contributed by atoms with van der Waals surface area (Å²) in [6, 6.07) is 0.415. The molecule has 19 heavy (non-hydrogen) atoms. The highest BCUT2D eigenvalue weighted by Crippen LogP contribution is 2.49. The van der Waals surface area contributed by atoms with Gasteiger partial charge in [-0.15, -0.1) is 0 Å². The van der Waals surface area contributed by atoms with Crippen LogP contribution in [-0.2, 0) is 4.79 Å². The topological polar surface area (TPSA) is 40.5 Å². The summed E-state index contributed by atoms with van der Waals surface area (Å²) in [4.78, 5) is 14.6. The van der Waals surface area contributed by atoms with Crippen molar-refractivity contribution < 1.29 is 9.90 Å². The van der Waals surface area contributed by atoms with Crippen LogP contribution in [-0.4, -0.2) is 35.1 Å². The Morgan fingerprint density at radius 3 is 2.47 bits per heavy atom. The van der Waals surface area contributed by atoms with Gasteiger partial charge in [-0.25, -0.2) is 0 Å². The third-order valence-corrected chi connectivity index (χ3v) is 5.75. The average molecular weight is 265 g/mol. The van der Waals surface area contributed by atoms with Crippen LogP contribution in [0.15, 0.2) is 0 Å². The Labute approximate surface area is 116 Å². The zero-order valence-corrected chi connectivity index (χ0v) is 11.9. The molecule has 3 saturated carbocycles. The van der Waals surface area contributed by atoms with Crippen LogP contribution in [0.3, 0.4) is 0 Å². The summed E-state index contributed by atoms with van der Waals surface area (Å²) in [5, 5.41) is 9.22. The largest absolute Gasteiger partial charge is 0.395 e. The van der Waals surface area contributed by atoms with E-state index in [-0.39, 0.29) is 6.61 Å². The molecular formula is C16H27NO2. The fraction of sp³-hybridized carbons (Fsp3) is 0.938. The molecule has 3 aliphatic rings. The monoisotopic (exact) mass is 265 g/mol. The SMILES string of the molecule is O=C(CC1CC2CCC1C2)N(CCO)C1CCCC1. The van der Waals surface area contributed by atoms with Crippen LogP contribution >= 0.6 is 0 Å². The average Bonchev–Trinajstić information content (AvgIpc) is 3.12. The molecule has 3 aliphatic carbocycles. The molecule has 2 bridgehead atoms. The normalized spacial score (nSPS) is 34.1. The van der Waals surface area contributed by atoms with Gasteiger partial charge in [-0.2, -0.15) is 0 Å². The third kappa shape index (κ3) is 2.81. The predicted octanol–water partition coefficient (Wildman–Crippen LogP) is 2.58. The quantitative estimate of drug-likeness (QED) is 0.830. The molecule has 3 unspecified atom stereocenters. The molecule has 0 aromatic rings. The highest BCUT2D eigenvalue weighted by atomic mass is 16.3. The van der Waals surface area contributed by atoms with Crippen molar-refractivity contribution in [2.75, 3.05) is 13.2 Å². The van der Waals surface area contributed by atoms with E-state index in [0.29, 0.717) is 24.4 Å². The molecular weight excluding hydrogens is 238 g/mol. The summed E-state index contributed by atoms with van der Waals surface area (Å²) in [6.07, 6.45) is 10.9. The van der Waals surface area contributed by atoms with E-state index < -0.39 is 0 Å². The van der Waals surface area contributed by atoms with E-state index in [1.807, 2.05) is 4.90 Å². The van der Waals surface area contributed by atoms with Crippen molar-refractivity contribution in [1.29, 1.82) is 0 Å². The van der Waals surface area contributed by atoms with Crippen LogP contribution in [0.25, 0.3) is 0 Å². The maximum atomic E-state index is 12.6. The van der Waals surface area contributed by atoms with Gasteiger partial charge in [-0.05, 0) is 49.9 Å². The molecule has 0 aromatic carbocycles. The van der Waals surface area contributed by atoms with Gasteiger partial charge < -0.3 is 10.0 Å². The maximum Gasteiger partial charge on any atom is 0.223 e. The van der Waals surface area contributed by atoms with Crippen LogP contribution in [0.5, 0.6) is 0 Å². The first kappa shape index (κ1) is 13.4. The summed E-state index contributed by atoms with van der Waals surface area (Å²) >= 11 is 0. The Hall–Kier alpha value is -0.570. The van der Waals surface area contributed by atoms with Gasteiger partial charge in [0, 0.05) is 19.0 Å². The summed E-state index contributed by atoms with van der Waals surface area (Å²) in [5.74, 6) is 2.71. The molecule has 1 N–H and O–H groups in total. The van der Waals surface area contributed by atoms with Crippen LogP contribution in [0.1, 0.15) is 57.8 Å². The number of nitrogens with zero attached hydrogens (tertiary/aromatic N) is 1. The van der Waals surface area contributed by atoms with Gasteiger partial charge in [0.2, 0.25) is 5.91 Å². The second kappa shape index (κ2) is 5.82. The van der Waals surface area contributed by atoms with Crippen LogP contribution < -0.4 is 0 Å². The van der Waals surface area contributed by atoms with Gasteiger partial charge in [0.15, 0.2) is 0 Å². The molecule has 0 spiro atoms. The van der Waals surface area contributed by atoms with Crippen molar-refractivity contribution in [1.82, 2.24) is 4.90 Å². The lowest BCUT2D eigenvalue weighted by atomic mass is 9.86. The van der Waals surface area contributed by atoms with Gasteiger partial charge in [-0.3, -0.25) is 4.79 Å². The second-order valence-electron chi connectivity index (χ2n) is 6.89. The molecule has 0 saturated heterocycles. The Morgan fingerprint density at radius 1 is 1.11 bits per heavy atom. The smallest absolute Gasteiger partial charge is 0.223 e. The fourth-order valence-corrected chi connectivity index (χ4v) is 4.80. The van der Waals surface area contributed by atoms with Crippen LogP contribution in [0.4, 0.5) is 0 Å². The Morgan fingerprint density at radius 2 is 1.89 bits per heavy atom. The van der Waals surface area contributed by atoms with Gasteiger partial charge in [0.1, 0.15) is 0 Å². The number of amides is 1. The van der Waals surface area contributed by atoms with Crippen molar-refractivity contribution >= 4 is 5.91 Å². The summed E-state index contributed by atoms with van der Waals surface area (Å²) in [5.41, 5.74) is 0. The third-order valence-electron chi connectivity index (χ3n) is 5.75. The number of rotatable bonds is 5. The van der Waals surface area contributed by atoms with E-state index in [2.05, 4.69) is 0 Å². The number of hydrogen-bond acceptors (Lipinski definition) is 2. The number of hydrogen-bond donors (Lipinski definition) is 1. The van der Waals surface area contributed by atoms with E-state index in [1.54, 1.807) is 0 Å². The van der Waals surface area contributed by atoms with Crippen molar-refractivity contribution in [2.45, 2.75) is 63.8 Å². The van der Waals surface area contributed by atoms with E-state index >= 15 is 0 Å². The molecule has 0 aromatic heterocycles. The van der Waals surface area contributed by atoms with Crippen molar-refractivity contribution in [3.05, 3.63) is 0 Å². The molecule has 0 heterocycles. The first-order valence-corrected chi connectivity index (χ1v) is 8.18. The van der Waals surface area contributed by atoms with E-state index in [9.17, 15) is 9.90 Å². The molecule has 0 aliphatic heterocycles. The van der Waals surface area contributed by atoms with Crippen LogP contribution in [0, 0.1) is 17.8 Å². The summed E-state index contributed by atoms with van der Waals surface area (Å²) in [6.45, 7) is 0.656. The molecule has 0 radical (unpaired) electrons. The minimum atomic E-state index is 0.110. The molecule has 3 nitrogen and oxygen atoms in total. The van der Waals surface area contributed by atoms with Gasteiger partial charge in [0.25, 0.3) is 0 Å². The second-order valence-corrected chi connectivity index (χ2v) is 6.89. The molecule has 3 rings (SSSR count). The van der Waals surface area contributed by atoms with Gasteiger partial charge in [0.05, 0.1) is 6.61 Å². The number of aliphatic hydroxyl groups excluding tert-OH is 1. The van der Waals surface area contributed by atoms with Gasteiger partial charge >= 0.3 is 0 Å². The number of fused-ring (bicyclic) bond motifs is 2. The van der Waals surface area contributed by atoms with E-state index in [1.165, 1.54) is 38.5 Å². The maximum absolute atomic E-state index is 12.6. The highest BCUT2D eigenvalue weighted by molar-refractivity contribution is 5.77. The molecule has 3 heteroatoms. The zero-order chi connectivity index (χ0) is 13.2. The van der Waals surface area contributed by atoms with Crippen molar-refractivity contribution in [3.63, 3.8) is 0 Å². The number of aliphatic hydroxyl groups is 1. The lowest BCUT2D eigenvalue weighted by Crippen LogP contribution is -2.41. The Balaban J connectivity index is 1.57. The molecule has 1 amide bonds. The molecule has 108 valence electrons. The number of carbonyl (C=O) groups is 1. The fourth-order valence-electron chi connectivity index (χ4n) is 4.80. The first-order valence-electron chi connectivity index (χ1n) is 8.18. The Bertz CT molecular complexity index is 325. The first-order chi connectivity index (χ1) is 9.28. The highest BCUT2D eigenvalue weighted by Gasteiger charge is 2.41. The zero-order valence-electron chi connectivity index (χ0n) is 11.9. The minimum absolute atomic E-state index is 0.110. The summed E-state index contributed by atoms with van der Waals surface area (Å²) in [7, 11) is 0. The molecule has 3 atom stereocenters. The lowest BCUT2D eigenvalue weighted by molar-refractivity contribution is -0.135. The van der Waals surface area contributed by atoms with E-state index in [0.717, 1.165) is 31.1 Å². The minimum Gasteiger partial charge on any atom is -0.395 e. The number of carbonyl (C=O) groups excluding carboxylic acids is 1. The standard InChI is InChI=1S/C16H27NO2/c18-8-7-17(15-3-1-2-4-15)16(19)11-14-10-12-5-6-13(14)9-12/h12-15,18H,1-11H2. The Kier molecular flexibility index (Phi) is 4.11. The lowest BCUT2D eigenvalue weighted by Gasteiger charge is -2.31. The van der Waals surface area contributed by atoms with Crippen LogP contribution in [0.2, 0.25) is 0 Å². The van der Waals surface area contributed by atoms with Gasteiger partial charge in [-0.1, -0.05) is 19.3 Å². The molecule has 3 fully saturated rings. The van der Waals surface area contributed by atoms with Crippen molar-refractivity contribution in [2.24, 2.45) is 17.8 Å². The van der Waals surface area contributed by atoms with Crippen molar-refractivity contribution in [3.8, 4) is 0 Å².